The highest BCUT2D eigenvalue weighted by Crippen LogP contribution is 2.61. The smallest absolute Gasteiger partial charge is 0.0129 e. The van der Waals surface area contributed by atoms with Crippen molar-refractivity contribution < 1.29 is 0 Å². The highest BCUT2D eigenvalue weighted by Gasteiger charge is 2.47. The predicted octanol–water partition coefficient (Wildman–Crippen LogP) is 15.9. The van der Waals surface area contributed by atoms with E-state index in [4.69, 9.17) is 0 Å². The van der Waals surface area contributed by atoms with Gasteiger partial charge in [-0.15, -0.1) is 0 Å². The van der Waals surface area contributed by atoms with Crippen LogP contribution in [0.4, 0.5) is 0 Å². The van der Waals surface area contributed by atoms with Crippen LogP contribution in [0.1, 0.15) is 88.7 Å². The van der Waals surface area contributed by atoms with Gasteiger partial charge in [0.2, 0.25) is 0 Å². The zero-order valence-corrected chi connectivity index (χ0v) is 34.7. The number of hydrogen-bond acceptors (Lipinski definition) is 0. The van der Waals surface area contributed by atoms with Crippen LogP contribution in [0.5, 0.6) is 0 Å². The number of benzene rings is 7. The first-order valence-electron chi connectivity index (χ1n) is 22.5. The van der Waals surface area contributed by atoms with Crippen LogP contribution < -0.4 is 0 Å². The molecule has 7 aromatic carbocycles. The van der Waals surface area contributed by atoms with E-state index in [1.807, 2.05) is 0 Å². The van der Waals surface area contributed by atoms with Gasteiger partial charge in [-0.05, 0) is 105 Å². The van der Waals surface area contributed by atoms with E-state index in [0.29, 0.717) is 41.4 Å². The first-order valence-corrected chi connectivity index (χ1v) is 22.5. The fourth-order valence-electron chi connectivity index (χ4n) is 11.6. The maximum atomic E-state index is 2.55. The number of rotatable bonds is 8. The Morgan fingerprint density at radius 1 is 0.377 bits per heavy atom. The van der Waals surface area contributed by atoms with Crippen molar-refractivity contribution in [2.24, 2.45) is 11.8 Å². The summed E-state index contributed by atoms with van der Waals surface area (Å²) in [7, 11) is 0. The normalized spacial score (nSPS) is 24.2. The second-order valence-corrected chi connectivity index (χ2v) is 17.9. The molecule has 11 rings (SSSR count). The first kappa shape index (κ1) is 37.5. The van der Waals surface area contributed by atoms with Crippen LogP contribution in [-0.4, -0.2) is 0 Å². The van der Waals surface area contributed by atoms with Gasteiger partial charge >= 0.3 is 0 Å². The molecule has 7 atom stereocenters. The summed E-state index contributed by atoms with van der Waals surface area (Å²) in [5, 5.41) is 0. The summed E-state index contributed by atoms with van der Waals surface area (Å²) >= 11 is 0. The third-order valence-corrected chi connectivity index (χ3v) is 14.4. The van der Waals surface area contributed by atoms with Gasteiger partial charge in [-0.25, -0.2) is 0 Å². The highest BCUT2D eigenvalue weighted by atomic mass is 14.5. The minimum absolute atomic E-state index is 0.345. The van der Waals surface area contributed by atoms with E-state index in [-0.39, 0.29) is 0 Å². The first-order chi connectivity index (χ1) is 30.2. The van der Waals surface area contributed by atoms with E-state index in [1.165, 1.54) is 61.2 Å². The van der Waals surface area contributed by atoms with E-state index >= 15 is 0 Å². The second kappa shape index (κ2) is 16.5. The average molecular weight is 785 g/mol. The molecule has 0 heteroatoms. The predicted molar refractivity (Wildman–Crippen MR) is 256 cm³/mol. The van der Waals surface area contributed by atoms with E-state index in [9.17, 15) is 0 Å². The minimum Gasteiger partial charge on any atom is -0.0796 e. The van der Waals surface area contributed by atoms with Crippen LogP contribution in [-0.2, 0) is 0 Å². The summed E-state index contributed by atoms with van der Waals surface area (Å²) in [6, 6.07) is 73.0. The molecule has 0 amide bonds. The van der Waals surface area contributed by atoms with Gasteiger partial charge in [0, 0.05) is 23.7 Å². The Kier molecular flexibility index (Phi) is 10.1. The molecule has 0 bridgehead atoms. The topological polar surface area (TPSA) is 0 Å². The van der Waals surface area contributed by atoms with Crippen molar-refractivity contribution in [3.63, 3.8) is 0 Å². The van der Waals surface area contributed by atoms with Crippen molar-refractivity contribution in [1.82, 2.24) is 0 Å². The minimum atomic E-state index is 0.345. The molecular weight excluding hydrogens is 733 g/mol. The Bertz CT molecular complexity index is 2750. The van der Waals surface area contributed by atoms with E-state index in [1.54, 1.807) is 11.1 Å². The van der Waals surface area contributed by atoms with Gasteiger partial charge in [-0.1, -0.05) is 236 Å². The van der Waals surface area contributed by atoms with E-state index < -0.39 is 0 Å². The average Bonchev–Trinajstić information content (AvgIpc) is 3.69. The molecule has 0 aromatic heterocycles. The fraction of sp³-hybridized carbons (Fsp3) is 0.180. The van der Waals surface area contributed by atoms with Crippen LogP contribution >= 0.6 is 0 Å². The zero-order valence-electron chi connectivity index (χ0n) is 34.7. The molecular formula is C61H52. The summed E-state index contributed by atoms with van der Waals surface area (Å²) in [6.07, 6.45) is 16.6. The molecule has 0 N–H and O–H groups in total. The standard InChI is InChI=1S/C61H52/c1-5-17-42(18-6-1)45-31-33-46(34-32-45)53-37-52(43-19-7-2-8-20-43)38-54(39-53)50-27-15-25-48(35-50)49-26-16-28-51(36-49)60-57-30-14-13-29-56(57)59-41-55(44-21-9-3-10-22-44)40-58(61(59)60)47-23-11-4-12-24-47/h1-37,52,54-58,60H,38-41H2. The van der Waals surface area contributed by atoms with Crippen LogP contribution in [0.15, 0.2) is 236 Å². The van der Waals surface area contributed by atoms with Crippen molar-refractivity contribution in [2.45, 2.75) is 55.3 Å². The summed E-state index contributed by atoms with van der Waals surface area (Å²) in [5.41, 5.74) is 18.5. The Morgan fingerprint density at radius 2 is 0.902 bits per heavy atom. The highest BCUT2D eigenvalue weighted by molar-refractivity contribution is 5.73. The van der Waals surface area contributed by atoms with Crippen molar-refractivity contribution in [3.8, 4) is 22.3 Å². The van der Waals surface area contributed by atoms with E-state index in [2.05, 4.69) is 225 Å². The summed E-state index contributed by atoms with van der Waals surface area (Å²) in [4.78, 5) is 0. The molecule has 0 heterocycles. The molecule has 4 aliphatic carbocycles. The lowest BCUT2D eigenvalue weighted by Gasteiger charge is -2.35. The Balaban J connectivity index is 0.935. The molecule has 0 aliphatic heterocycles. The Labute approximate surface area is 362 Å². The second-order valence-electron chi connectivity index (χ2n) is 17.9. The number of fused-ring (bicyclic) bond motifs is 2. The third-order valence-electron chi connectivity index (χ3n) is 14.4. The van der Waals surface area contributed by atoms with Crippen LogP contribution in [0.2, 0.25) is 0 Å². The number of hydrogen-bond donors (Lipinski definition) is 0. The quantitative estimate of drug-likeness (QED) is 0.135. The summed E-state index contributed by atoms with van der Waals surface area (Å²) < 4.78 is 0. The van der Waals surface area contributed by atoms with Crippen LogP contribution in [0, 0.1) is 11.8 Å². The Morgan fingerprint density at radius 3 is 1.61 bits per heavy atom. The van der Waals surface area contributed by atoms with Gasteiger partial charge in [0.05, 0.1) is 0 Å². The largest absolute Gasteiger partial charge is 0.0796 e. The van der Waals surface area contributed by atoms with Gasteiger partial charge in [-0.3, -0.25) is 0 Å². The van der Waals surface area contributed by atoms with Gasteiger partial charge in [0.1, 0.15) is 0 Å². The molecule has 0 saturated carbocycles. The van der Waals surface area contributed by atoms with E-state index in [0.717, 1.165) is 25.7 Å². The molecule has 0 nitrogen and oxygen atoms in total. The van der Waals surface area contributed by atoms with Crippen molar-refractivity contribution in [2.75, 3.05) is 0 Å². The molecule has 0 fully saturated rings. The molecule has 7 unspecified atom stereocenters. The molecule has 296 valence electrons. The Hall–Kier alpha value is -6.50. The monoisotopic (exact) mass is 784 g/mol. The molecule has 0 spiro atoms. The molecule has 0 radical (unpaired) electrons. The van der Waals surface area contributed by atoms with Gasteiger partial charge < -0.3 is 0 Å². The molecule has 4 aliphatic rings. The fourth-order valence-corrected chi connectivity index (χ4v) is 11.6. The van der Waals surface area contributed by atoms with Gasteiger partial charge in [0.25, 0.3) is 0 Å². The lowest BCUT2D eigenvalue weighted by Crippen LogP contribution is -2.19. The van der Waals surface area contributed by atoms with Crippen molar-refractivity contribution >= 4 is 5.57 Å². The zero-order chi connectivity index (χ0) is 40.5. The lowest BCUT2D eigenvalue weighted by molar-refractivity contribution is 0.511. The van der Waals surface area contributed by atoms with Gasteiger partial charge in [-0.2, -0.15) is 0 Å². The maximum absolute atomic E-state index is 2.55. The third kappa shape index (κ3) is 7.40. The van der Waals surface area contributed by atoms with Gasteiger partial charge in [0.15, 0.2) is 0 Å². The summed E-state index contributed by atoms with van der Waals surface area (Å²) in [6.45, 7) is 0. The maximum Gasteiger partial charge on any atom is 0.0129 e. The lowest BCUT2D eigenvalue weighted by atomic mass is 9.69. The van der Waals surface area contributed by atoms with Crippen LogP contribution in [0.25, 0.3) is 27.8 Å². The number of allylic oxidation sites excluding steroid dienone is 8. The van der Waals surface area contributed by atoms with Crippen LogP contribution in [0.3, 0.4) is 0 Å². The van der Waals surface area contributed by atoms with Crippen molar-refractivity contribution in [1.29, 1.82) is 0 Å². The summed E-state index contributed by atoms with van der Waals surface area (Å²) in [5.74, 6) is 2.90. The molecule has 0 saturated heterocycles. The van der Waals surface area contributed by atoms with Crippen molar-refractivity contribution in [3.05, 3.63) is 269 Å². The molecule has 7 aromatic rings. The SMILES string of the molecule is C1=CC2C3=C(C(c4ccccc4)CC(c4ccccc4)C3)C(c3cccc(-c4cccc(C5CC(c6ccc(-c7ccccc7)cc6)=CC(c6ccccc6)C5)c4)c3)C2C=C1. The molecule has 61 heavy (non-hydrogen) atoms.